The molecular formula is C10H22N2O2S. The summed E-state index contributed by atoms with van der Waals surface area (Å²) >= 11 is 1.63. The van der Waals surface area contributed by atoms with Crippen molar-refractivity contribution in [3.8, 4) is 0 Å². The zero-order valence-electron chi connectivity index (χ0n) is 9.75. The summed E-state index contributed by atoms with van der Waals surface area (Å²) < 4.78 is 0. The van der Waals surface area contributed by atoms with Crippen molar-refractivity contribution in [1.29, 1.82) is 0 Å². The first kappa shape index (κ1) is 14.7. The number of aliphatic hydroxyl groups excluding tert-OH is 1. The molecular weight excluding hydrogens is 212 g/mol. The van der Waals surface area contributed by atoms with Crippen molar-refractivity contribution in [1.82, 2.24) is 10.6 Å². The first-order chi connectivity index (χ1) is 7.15. The number of rotatable bonds is 8. The molecule has 0 heterocycles. The number of aliphatic hydroxyl groups is 1. The highest BCUT2D eigenvalue weighted by molar-refractivity contribution is 7.99. The fraction of sp³-hybridized carbons (Fsp3) is 0.900. The van der Waals surface area contributed by atoms with Gasteiger partial charge in [0.25, 0.3) is 0 Å². The van der Waals surface area contributed by atoms with Crippen LogP contribution >= 0.6 is 11.8 Å². The molecule has 0 aromatic heterocycles. The summed E-state index contributed by atoms with van der Waals surface area (Å²) in [5.74, 6) is 0.0712. The number of thioether (sulfide) groups is 1. The number of hydrogen-bond acceptors (Lipinski definition) is 4. The quantitative estimate of drug-likeness (QED) is 0.562. The van der Waals surface area contributed by atoms with Crippen LogP contribution in [0.3, 0.4) is 0 Å². The van der Waals surface area contributed by atoms with Gasteiger partial charge >= 0.3 is 0 Å². The maximum Gasteiger partial charge on any atom is 0.221 e. The van der Waals surface area contributed by atoms with Gasteiger partial charge in [0.15, 0.2) is 0 Å². The fourth-order valence-electron chi connectivity index (χ4n) is 1.27. The van der Waals surface area contributed by atoms with Crippen molar-refractivity contribution in [2.45, 2.75) is 31.6 Å². The summed E-state index contributed by atoms with van der Waals surface area (Å²) in [4.78, 5) is 11.1. The van der Waals surface area contributed by atoms with Crippen molar-refractivity contribution in [3.05, 3.63) is 0 Å². The summed E-state index contributed by atoms with van der Waals surface area (Å²) in [5.41, 5.74) is 0. The Hall–Kier alpha value is -0.260. The molecule has 2 unspecified atom stereocenters. The third kappa shape index (κ3) is 6.76. The molecule has 0 spiro atoms. The van der Waals surface area contributed by atoms with Crippen LogP contribution in [0.4, 0.5) is 0 Å². The van der Waals surface area contributed by atoms with E-state index in [1.54, 1.807) is 11.8 Å². The van der Waals surface area contributed by atoms with E-state index in [0.717, 1.165) is 0 Å². The second-order valence-electron chi connectivity index (χ2n) is 3.40. The predicted molar refractivity (Wildman–Crippen MR) is 65.2 cm³/mol. The zero-order valence-corrected chi connectivity index (χ0v) is 10.6. The van der Waals surface area contributed by atoms with E-state index < -0.39 is 0 Å². The number of hydrogen-bond donors (Lipinski definition) is 3. The highest BCUT2D eigenvalue weighted by Crippen LogP contribution is 2.09. The number of carbonyl (C=O) groups is 1. The van der Waals surface area contributed by atoms with E-state index >= 15 is 0 Å². The summed E-state index contributed by atoms with van der Waals surface area (Å²) in [7, 11) is 0. The average molecular weight is 234 g/mol. The Morgan fingerprint density at radius 2 is 2.20 bits per heavy atom. The highest BCUT2D eigenvalue weighted by atomic mass is 32.2. The molecule has 0 aliphatic heterocycles. The Labute approximate surface area is 96.2 Å². The van der Waals surface area contributed by atoms with Gasteiger partial charge in [0.05, 0.1) is 6.61 Å². The van der Waals surface area contributed by atoms with Gasteiger partial charge in [-0.1, -0.05) is 0 Å². The van der Waals surface area contributed by atoms with E-state index in [-0.39, 0.29) is 23.8 Å². The molecule has 15 heavy (non-hydrogen) atoms. The van der Waals surface area contributed by atoms with Crippen LogP contribution in [-0.2, 0) is 4.79 Å². The zero-order chi connectivity index (χ0) is 11.7. The molecule has 0 aliphatic carbocycles. The summed E-state index contributed by atoms with van der Waals surface area (Å²) in [6.07, 6.45) is 2.47. The van der Waals surface area contributed by atoms with Crippen LogP contribution in [-0.4, -0.2) is 48.3 Å². The lowest BCUT2D eigenvalue weighted by Gasteiger charge is -2.21. The van der Waals surface area contributed by atoms with Crippen LogP contribution in [0.5, 0.6) is 0 Å². The Balaban J connectivity index is 3.61. The third-order valence-corrected chi connectivity index (χ3v) is 3.40. The van der Waals surface area contributed by atoms with E-state index in [4.69, 9.17) is 5.11 Å². The molecule has 5 heteroatoms. The minimum Gasteiger partial charge on any atom is -0.395 e. The molecule has 0 saturated heterocycles. The highest BCUT2D eigenvalue weighted by Gasteiger charge is 2.14. The smallest absolute Gasteiger partial charge is 0.221 e. The summed E-state index contributed by atoms with van der Waals surface area (Å²) in [6.45, 7) is 5.43. The van der Waals surface area contributed by atoms with Gasteiger partial charge < -0.3 is 15.7 Å². The SMILES string of the molecule is CCNC(=O)CCNC(C)C(CO)SC. The Kier molecular flexibility index (Phi) is 8.85. The standard InChI is InChI=1S/C10H22N2O2S/c1-4-11-10(14)5-6-12-8(2)9(7-13)15-3/h8-9,12-13H,4-7H2,1-3H3,(H,11,14). The minimum absolute atomic E-state index is 0.0712. The number of carbonyl (C=O) groups excluding carboxylic acids is 1. The van der Waals surface area contributed by atoms with Crippen LogP contribution in [0.15, 0.2) is 0 Å². The van der Waals surface area contributed by atoms with Gasteiger partial charge in [-0.2, -0.15) is 11.8 Å². The van der Waals surface area contributed by atoms with Crippen LogP contribution in [0.2, 0.25) is 0 Å². The molecule has 0 aliphatic rings. The molecule has 4 nitrogen and oxygen atoms in total. The third-order valence-electron chi connectivity index (χ3n) is 2.23. The largest absolute Gasteiger partial charge is 0.395 e. The normalized spacial score (nSPS) is 14.7. The van der Waals surface area contributed by atoms with Gasteiger partial charge in [-0.05, 0) is 20.1 Å². The van der Waals surface area contributed by atoms with Crippen LogP contribution in [0, 0.1) is 0 Å². The molecule has 0 bridgehead atoms. The molecule has 1 amide bonds. The predicted octanol–water partition coefficient (Wildman–Crippen LogP) is 0.215. The van der Waals surface area contributed by atoms with Crippen molar-refractivity contribution in [2.24, 2.45) is 0 Å². The number of amides is 1. The molecule has 0 radical (unpaired) electrons. The molecule has 0 fully saturated rings. The molecule has 0 rings (SSSR count). The van der Waals surface area contributed by atoms with Gasteiger partial charge in [-0.25, -0.2) is 0 Å². The molecule has 2 atom stereocenters. The van der Waals surface area contributed by atoms with E-state index in [1.807, 2.05) is 20.1 Å². The van der Waals surface area contributed by atoms with Crippen LogP contribution in [0.25, 0.3) is 0 Å². The van der Waals surface area contributed by atoms with E-state index in [2.05, 4.69) is 10.6 Å². The van der Waals surface area contributed by atoms with E-state index in [0.29, 0.717) is 19.5 Å². The molecule has 0 saturated carbocycles. The van der Waals surface area contributed by atoms with Gasteiger partial charge in [0, 0.05) is 30.8 Å². The Bertz CT molecular complexity index is 175. The van der Waals surface area contributed by atoms with Crippen molar-refractivity contribution >= 4 is 17.7 Å². The monoisotopic (exact) mass is 234 g/mol. The summed E-state index contributed by atoms with van der Waals surface area (Å²) in [5, 5.41) is 15.2. The minimum atomic E-state index is 0.0712. The molecule has 3 N–H and O–H groups in total. The first-order valence-corrected chi connectivity index (χ1v) is 6.58. The van der Waals surface area contributed by atoms with Gasteiger partial charge in [-0.3, -0.25) is 4.79 Å². The fourth-order valence-corrected chi connectivity index (χ4v) is 1.92. The number of nitrogens with one attached hydrogen (secondary N) is 2. The van der Waals surface area contributed by atoms with Crippen molar-refractivity contribution < 1.29 is 9.90 Å². The lowest BCUT2D eigenvalue weighted by molar-refractivity contribution is -0.120. The molecule has 90 valence electrons. The second kappa shape index (κ2) is 9.00. The van der Waals surface area contributed by atoms with E-state index in [1.165, 1.54) is 0 Å². The summed E-state index contributed by atoms with van der Waals surface area (Å²) in [6, 6.07) is 0.222. The Morgan fingerprint density at radius 3 is 2.67 bits per heavy atom. The second-order valence-corrected chi connectivity index (χ2v) is 4.48. The van der Waals surface area contributed by atoms with Crippen molar-refractivity contribution in [2.75, 3.05) is 26.0 Å². The van der Waals surface area contributed by atoms with Crippen molar-refractivity contribution in [3.63, 3.8) is 0 Å². The maximum absolute atomic E-state index is 11.1. The average Bonchev–Trinajstić information content (AvgIpc) is 2.20. The lowest BCUT2D eigenvalue weighted by atomic mass is 10.2. The van der Waals surface area contributed by atoms with E-state index in [9.17, 15) is 4.79 Å². The van der Waals surface area contributed by atoms with Crippen LogP contribution in [0.1, 0.15) is 20.3 Å². The molecule has 0 aromatic carbocycles. The van der Waals surface area contributed by atoms with Gasteiger partial charge in [0.1, 0.15) is 0 Å². The van der Waals surface area contributed by atoms with Crippen LogP contribution < -0.4 is 10.6 Å². The lowest BCUT2D eigenvalue weighted by Crippen LogP contribution is -2.39. The topological polar surface area (TPSA) is 61.4 Å². The molecule has 0 aromatic rings. The van der Waals surface area contributed by atoms with Gasteiger partial charge in [-0.15, -0.1) is 0 Å². The first-order valence-electron chi connectivity index (χ1n) is 5.29. The Morgan fingerprint density at radius 1 is 1.53 bits per heavy atom. The maximum atomic E-state index is 11.1. The van der Waals surface area contributed by atoms with Gasteiger partial charge in [0.2, 0.25) is 5.91 Å².